The van der Waals surface area contributed by atoms with E-state index < -0.39 is 0 Å². The molecule has 0 unspecified atom stereocenters. The monoisotopic (exact) mass is 308 g/mol. The van der Waals surface area contributed by atoms with E-state index in [4.69, 9.17) is 9.47 Å². The summed E-state index contributed by atoms with van der Waals surface area (Å²) in [5.74, 6) is 1.05. The Morgan fingerprint density at radius 3 is 2.41 bits per heavy atom. The number of ether oxygens (including phenoxy) is 2. The zero-order valence-corrected chi connectivity index (χ0v) is 13.4. The van der Waals surface area contributed by atoms with Crippen LogP contribution in [-0.2, 0) is 16.0 Å². The number of hydrogen-bond acceptors (Lipinski definition) is 4. The lowest BCUT2D eigenvalue weighted by Crippen LogP contribution is -2.37. The first-order valence-corrected chi connectivity index (χ1v) is 7.35. The molecule has 0 aromatic heterocycles. The summed E-state index contributed by atoms with van der Waals surface area (Å²) in [5.41, 5.74) is 1.04. The number of nitrogens with one attached hydrogen (secondary N) is 2. The van der Waals surface area contributed by atoms with Crippen LogP contribution in [0.25, 0.3) is 0 Å². The van der Waals surface area contributed by atoms with Gasteiger partial charge in [-0.05, 0) is 30.5 Å². The Hall–Kier alpha value is -2.24. The van der Waals surface area contributed by atoms with Gasteiger partial charge in [0.1, 0.15) is 0 Å². The number of carbonyl (C=O) groups excluding carboxylic acids is 2. The van der Waals surface area contributed by atoms with E-state index in [0.29, 0.717) is 30.9 Å². The predicted molar refractivity (Wildman–Crippen MR) is 84.2 cm³/mol. The summed E-state index contributed by atoms with van der Waals surface area (Å²) in [5, 5.41) is 5.35. The van der Waals surface area contributed by atoms with Crippen molar-refractivity contribution in [3.8, 4) is 11.5 Å². The quantitative estimate of drug-likeness (QED) is 0.720. The minimum Gasteiger partial charge on any atom is -0.493 e. The summed E-state index contributed by atoms with van der Waals surface area (Å²) in [6.07, 6.45) is 1.89. The molecule has 1 rings (SSSR count). The van der Waals surface area contributed by atoms with Crippen LogP contribution in [-0.4, -0.2) is 39.1 Å². The van der Waals surface area contributed by atoms with E-state index in [0.717, 1.165) is 12.0 Å². The van der Waals surface area contributed by atoms with Crippen LogP contribution in [0.1, 0.15) is 25.3 Å². The molecular formula is C16H24N2O4. The number of benzene rings is 1. The van der Waals surface area contributed by atoms with E-state index in [-0.39, 0.29) is 18.4 Å². The molecule has 0 heterocycles. The summed E-state index contributed by atoms with van der Waals surface area (Å²) in [6.45, 7) is 2.44. The molecule has 0 saturated carbocycles. The van der Waals surface area contributed by atoms with Crippen LogP contribution in [0.2, 0.25) is 0 Å². The van der Waals surface area contributed by atoms with E-state index in [1.807, 2.05) is 25.1 Å². The predicted octanol–water partition coefficient (Wildman–Crippen LogP) is 1.28. The summed E-state index contributed by atoms with van der Waals surface area (Å²) >= 11 is 0. The Bertz CT molecular complexity index is 503. The zero-order valence-electron chi connectivity index (χ0n) is 13.4. The van der Waals surface area contributed by atoms with Gasteiger partial charge in [0.2, 0.25) is 11.8 Å². The molecule has 6 nitrogen and oxygen atoms in total. The largest absolute Gasteiger partial charge is 0.493 e. The molecule has 0 atom stereocenters. The standard InChI is InChI=1S/C16H24N2O4/c1-4-5-15(19)18-11-16(20)17-9-8-12-6-7-13(21-2)14(10-12)22-3/h6-7,10H,4-5,8-9,11H2,1-3H3,(H,17,20)(H,18,19). The van der Waals surface area contributed by atoms with Gasteiger partial charge in [-0.1, -0.05) is 13.0 Å². The molecule has 6 heteroatoms. The van der Waals surface area contributed by atoms with Crippen LogP contribution in [0.3, 0.4) is 0 Å². The third-order valence-corrected chi connectivity index (χ3v) is 3.11. The van der Waals surface area contributed by atoms with Crippen molar-refractivity contribution in [2.75, 3.05) is 27.3 Å². The van der Waals surface area contributed by atoms with Gasteiger partial charge in [0.25, 0.3) is 0 Å². The normalized spacial score (nSPS) is 9.95. The summed E-state index contributed by atoms with van der Waals surface area (Å²) in [4.78, 5) is 22.9. The second kappa shape index (κ2) is 9.65. The van der Waals surface area contributed by atoms with Crippen molar-refractivity contribution < 1.29 is 19.1 Å². The first kappa shape index (κ1) is 17.8. The van der Waals surface area contributed by atoms with Crippen LogP contribution in [0, 0.1) is 0 Å². The molecule has 0 fully saturated rings. The molecule has 22 heavy (non-hydrogen) atoms. The molecule has 1 aromatic carbocycles. The minimum atomic E-state index is -0.190. The van der Waals surface area contributed by atoms with Crippen LogP contribution in [0.5, 0.6) is 11.5 Å². The molecule has 0 spiro atoms. The van der Waals surface area contributed by atoms with E-state index in [2.05, 4.69) is 10.6 Å². The Morgan fingerprint density at radius 2 is 1.77 bits per heavy atom. The van der Waals surface area contributed by atoms with Crippen LogP contribution >= 0.6 is 0 Å². The maximum absolute atomic E-state index is 11.6. The van der Waals surface area contributed by atoms with Gasteiger partial charge in [-0.15, -0.1) is 0 Å². The summed E-state index contributed by atoms with van der Waals surface area (Å²) < 4.78 is 10.4. The van der Waals surface area contributed by atoms with Gasteiger partial charge in [0.05, 0.1) is 20.8 Å². The van der Waals surface area contributed by atoms with Crippen molar-refractivity contribution in [3.05, 3.63) is 23.8 Å². The second-order valence-corrected chi connectivity index (χ2v) is 4.82. The smallest absolute Gasteiger partial charge is 0.239 e. The van der Waals surface area contributed by atoms with Gasteiger partial charge in [-0.25, -0.2) is 0 Å². The average Bonchev–Trinajstić information content (AvgIpc) is 2.53. The molecular weight excluding hydrogens is 284 g/mol. The van der Waals surface area contributed by atoms with E-state index in [1.165, 1.54) is 0 Å². The molecule has 2 amide bonds. The number of carbonyl (C=O) groups is 2. The Morgan fingerprint density at radius 1 is 1.05 bits per heavy atom. The van der Waals surface area contributed by atoms with Crippen molar-refractivity contribution in [3.63, 3.8) is 0 Å². The molecule has 0 aliphatic rings. The minimum absolute atomic E-state index is 0.0186. The highest BCUT2D eigenvalue weighted by Gasteiger charge is 2.06. The molecule has 1 aromatic rings. The van der Waals surface area contributed by atoms with Gasteiger partial charge in [0, 0.05) is 13.0 Å². The fraction of sp³-hybridized carbons (Fsp3) is 0.500. The Balaban J connectivity index is 2.34. The first-order valence-electron chi connectivity index (χ1n) is 7.35. The Kier molecular flexibility index (Phi) is 7.81. The van der Waals surface area contributed by atoms with Gasteiger partial charge < -0.3 is 20.1 Å². The average molecular weight is 308 g/mol. The third kappa shape index (κ3) is 6.03. The topological polar surface area (TPSA) is 76.7 Å². The first-order chi connectivity index (χ1) is 10.6. The molecule has 0 aliphatic carbocycles. The highest BCUT2D eigenvalue weighted by Crippen LogP contribution is 2.27. The summed E-state index contributed by atoms with van der Waals surface area (Å²) in [6, 6.07) is 5.64. The SMILES string of the molecule is CCCC(=O)NCC(=O)NCCc1ccc(OC)c(OC)c1. The lowest BCUT2D eigenvalue weighted by atomic mass is 10.1. The van der Waals surface area contributed by atoms with Gasteiger partial charge >= 0.3 is 0 Å². The van der Waals surface area contributed by atoms with Crippen LogP contribution in [0.15, 0.2) is 18.2 Å². The van der Waals surface area contributed by atoms with Gasteiger partial charge in [-0.2, -0.15) is 0 Å². The molecule has 0 saturated heterocycles. The van der Waals surface area contributed by atoms with Crippen molar-refractivity contribution in [2.45, 2.75) is 26.2 Å². The number of hydrogen-bond donors (Lipinski definition) is 2. The third-order valence-electron chi connectivity index (χ3n) is 3.11. The van der Waals surface area contributed by atoms with Crippen molar-refractivity contribution in [2.24, 2.45) is 0 Å². The van der Waals surface area contributed by atoms with E-state index in [9.17, 15) is 9.59 Å². The van der Waals surface area contributed by atoms with Crippen molar-refractivity contribution >= 4 is 11.8 Å². The summed E-state index contributed by atoms with van der Waals surface area (Å²) in [7, 11) is 3.17. The molecule has 0 bridgehead atoms. The van der Waals surface area contributed by atoms with Crippen LogP contribution in [0.4, 0.5) is 0 Å². The number of methoxy groups -OCH3 is 2. The maximum Gasteiger partial charge on any atom is 0.239 e. The van der Waals surface area contributed by atoms with Crippen molar-refractivity contribution in [1.29, 1.82) is 0 Å². The fourth-order valence-corrected chi connectivity index (χ4v) is 1.94. The molecule has 0 radical (unpaired) electrons. The fourth-order valence-electron chi connectivity index (χ4n) is 1.94. The van der Waals surface area contributed by atoms with Crippen LogP contribution < -0.4 is 20.1 Å². The highest BCUT2D eigenvalue weighted by atomic mass is 16.5. The molecule has 122 valence electrons. The zero-order chi connectivity index (χ0) is 16.4. The lowest BCUT2D eigenvalue weighted by molar-refractivity contribution is -0.126. The lowest BCUT2D eigenvalue weighted by Gasteiger charge is -2.10. The Labute approximate surface area is 131 Å². The number of amides is 2. The molecule has 0 aliphatic heterocycles. The maximum atomic E-state index is 11.6. The second-order valence-electron chi connectivity index (χ2n) is 4.82. The number of rotatable bonds is 9. The molecule has 2 N–H and O–H groups in total. The van der Waals surface area contributed by atoms with Crippen molar-refractivity contribution in [1.82, 2.24) is 10.6 Å². The highest BCUT2D eigenvalue weighted by molar-refractivity contribution is 5.84. The van der Waals surface area contributed by atoms with Gasteiger partial charge in [0.15, 0.2) is 11.5 Å². The van der Waals surface area contributed by atoms with E-state index >= 15 is 0 Å². The van der Waals surface area contributed by atoms with E-state index in [1.54, 1.807) is 14.2 Å². The van der Waals surface area contributed by atoms with Gasteiger partial charge in [-0.3, -0.25) is 9.59 Å².